The van der Waals surface area contributed by atoms with Gasteiger partial charge in [-0.15, -0.1) is 11.3 Å². The van der Waals surface area contributed by atoms with Gasteiger partial charge in [-0.1, -0.05) is 13.0 Å². The van der Waals surface area contributed by atoms with Crippen molar-refractivity contribution < 1.29 is 14.7 Å². The van der Waals surface area contributed by atoms with E-state index in [1.165, 1.54) is 11.3 Å². The Labute approximate surface area is 123 Å². The molecular weight excluding hydrogens is 276 g/mol. The lowest BCUT2D eigenvalue weighted by molar-refractivity contribution is -0.141. The van der Waals surface area contributed by atoms with E-state index in [1.54, 1.807) is 17.9 Å². The minimum absolute atomic E-state index is 0.0770. The Bertz CT molecular complexity index is 432. The van der Waals surface area contributed by atoms with Crippen LogP contribution in [0.25, 0.3) is 0 Å². The number of thiophene rings is 1. The number of nitrogens with zero attached hydrogens (tertiary/aromatic N) is 2. The third-order valence-corrected chi connectivity index (χ3v) is 3.83. The average Bonchev–Trinajstić information content (AvgIpc) is 2.89. The number of carbonyl (C=O) groups is 2. The molecule has 0 saturated heterocycles. The summed E-state index contributed by atoms with van der Waals surface area (Å²) in [6, 6.07) is 3.61. The van der Waals surface area contributed by atoms with Crippen LogP contribution in [0.15, 0.2) is 17.5 Å². The summed E-state index contributed by atoms with van der Waals surface area (Å²) in [5.74, 6) is -1.51. The molecule has 1 atom stereocenters. The maximum Gasteiger partial charge on any atom is 0.308 e. The largest absolute Gasteiger partial charge is 0.481 e. The van der Waals surface area contributed by atoms with Gasteiger partial charge in [0.2, 0.25) is 0 Å². The highest BCUT2D eigenvalue weighted by Gasteiger charge is 2.21. The molecule has 1 amide bonds. The third-order valence-electron chi connectivity index (χ3n) is 2.97. The Kier molecular flexibility index (Phi) is 6.67. The fraction of sp³-hybridized carbons (Fsp3) is 0.571. The van der Waals surface area contributed by atoms with E-state index in [9.17, 15) is 9.59 Å². The first-order valence-corrected chi connectivity index (χ1v) is 7.50. The second-order valence-electron chi connectivity index (χ2n) is 5.12. The first-order chi connectivity index (χ1) is 9.41. The number of rotatable bonds is 8. The van der Waals surface area contributed by atoms with Gasteiger partial charge >= 0.3 is 5.97 Å². The predicted octanol–water partition coefficient (Wildman–Crippen LogP) is 1.86. The van der Waals surface area contributed by atoms with E-state index in [-0.39, 0.29) is 12.5 Å². The van der Waals surface area contributed by atoms with Gasteiger partial charge in [0.25, 0.3) is 5.91 Å². The van der Waals surface area contributed by atoms with Crippen molar-refractivity contribution in [2.75, 3.05) is 33.7 Å². The van der Waals surface area contributed by atoms with Crippen LogP contribution in [-0.4, -0.2) is 60.5 Å². The molecule has 0 aliphatic heterocycles. The molecule has 0 fully saturated rings. The molecule has 1 heterocycles. The van der Waals surface area contributed by atoms with Crippen LogP contribution in [-0.2, 0) is 4.79 Å². The molecule has 1 N–H and O–H groups in total. The van der Waals surface area contributed by atoms with Crippen molar-refractivity contribution in [2.24, 2.45) is 5.92 Å². The van der Waals surface area contributed by atoms with E-state index in [4.69, 9.17) is 5.11 Å². The average molecular weight is 298 g/mol. The van der Waals surface area contributed by atoms with Crippen LogP contribution in [0.1, 0.15) is 23.0 Å². The first kappa shape index (κ1) is 16.7. The van der Waals surface area contributed by atoms with Crippen molar-refractivity contribution in [1.82, 2.24) is 9.80 Å². The monoisotopic (exact) mass is 298 g/mol. The van der Waals surface area contributed by atoms with Gasteiger partial charge in [-0.05, 0) is 38.5 Å². The Hall–Kier alpha value is -1.40. The molecule has 5 nitrogen and oxygen atoms in total. The molecule has 0 bridgehead atoms. The molecule has 0 aromatic carbocycles. The van der Waals surface area contributed by atoms with Gasteiger partial charge in [-0.2, -0.15) is 0 Å². The second-order valence-corrected chi connectivity index (χ2v) is 6.07. The molecule has 1 rings (SSSR count). The lowest BCUT2D eigenvalue weighted by Gasteiger charge is -2.24. The van der Waals surface area contributed by atoms with E-state index >= 15 is 0 Å². The fourth-order valence-electron chi connectivity index (χ4n) is 1.82. The summed E-state index contributed by atoms with van der Waals surface area (Å²) in [6.07, 6.45) is 0.830. The Morgan fingerprint density at radius 3 is 2.55 bits per heavy atom. The maximum atomic E-state index is 12.4. The summed E-state index contributed by atoms with van der Waals surface area (Å²) in [5.41, 5.74) is 0. The molecule has 0 aliphatic rings. The van der Waals surface area contributed by atoms with Gasteiger partial charge < -0.3 is 14.9 Å². The smallest absolute Gasteiger partial charge is 0.308 e. The van der Waals surface area contributed by atoms with Gasteiger partial charge in [-0.3, -0.25) is 9.59 Å². The standard InChI is InChI=1S/C14H22N2O3S/c1-11(14(18)19)10-16(8-5-7-15(2)3)13(17)12-6-4-9-20-12/h4,6,9,11H,5,7-8,10H2,1-3H3,(H,18,19). The van der Waals surface area contributed by atoms with E-state index in [1.807, 2.05) is 25.5 Å². The summed E-state index contributed by atoms with van der Waals surface area (Å²) < 4.78 is 0. The van der Waals surface area contributed by atoms with Crippen LogP contribution in [0.2, 0.25) is 0 Å². The highest BCUT2D eigenvalue weighted by molar-refractivity contribution is 7.12. The van der Waals surface area contributed by atoms with Gasteiger partial charge in [0.1, 0.15) is 0 Å². The van der Waals surface area contributed by atoms with Gasteiger partial charge in [-0.25, -0.2) is 0 Å². The molecule has 1 aromatic rings. The quantitative estimate of drug-likeness (QED) is 0.796. The Morgan fingerprint density at radius 1 is 1.35 bits per heavy atom. The molecular formula is C14H22N2O3S. The number of hydrogen-bond acceptors (Lipinski definition) is 4. The predicted molar refractivity (Wildman–Crippen MR) is 80.2 cm³/mol. The topological polar surface area (TPSA) is 60.9 Å². The summed E-state index contributed by atoms with van der Waals surface area (Å²) in [7, 11) is 3.95. The van der Waals surface area contributed by atoms with E-state index in [2.05, 4.69) is 4.90 Å². The molecule has 1 unspecified atom stereocenters. The van der Waals surface area contributed by atoms with E-state index < -0.39 is 11.9 Å². The highest BCUT2D eigenvalue weighted by Crippen LogP contribution is 2.14. The molecule has 0 radical (unpaired) electrons. The Balaban J connectivity index is 2.68. The Morgan fingerprint density at radius 2 is 2.05 bits per heavy atom. The number of amides is 1. The van der Waals surface area contributed by atoms with Crippen molar-refractivity contribution in [1.29, 1.82) is 0 Å². The van der Waals surface area contributed by atoms with Crippen LogP contribution >= 0.6 is 11.3 Å². The summed E-state index contributed by atoms with van der Waals surface area (Å²) in [5, 5.41) is 10.9. The van der Waals surface area contributed by atoms with Crippen LogP contribution in [0.4, 0.5) is 0 Å². The lowest BCUT2D eigenvalue weighted by Crippen LogP contribution is -2.38. The number of carboxylic acid groups (broad SMARTS) is 1. The van der Waals surface area contributed by atoms with E-state index in [0.717, 1.165) is 13.0 Å². The van der Waals surface area contributed by atoms with Crippen molar-refractivity contribution in [3.63, 3.8) is 0 Å². The SMILES string of the molecule is CC(CN(CCCN(C)C)C(=O)c1cccs1)C(=O)O. The zero-order chi connectivity index (χ0) is 15.1. The normalized spacial score (nSPS) is 12.4. The maximum absolute atomic E-state index is 12.4. The van der Waals surface area contributed by atoms with Crippen LogP contribution < -0.4 is 0 Å². The highest BCUT2D eigenvalue weighted by atomic mass is 32.1. The summed E-state index contributed by atoms with van der Waals surface area (Å²) in [6.45, 7) is 3.32. The molecule has 112 valence electrons. The fourth-order valence-corrected chi connectivity index (χ4v) is 2.51. The third kappa shape index (κ3) is 5.30. The summed E-state index contributed by atoms with van der Waals surface area (Å²) >= 11 is 1.39. The van der Waals surface area contributed by atoms with Crippen LogP contribution in [0.3, 0.4) is 0 Å². The molecule has 0 aliphatic carbocycles. The molecule has 1 aromatic heterocycles. The van der Waals surface area contributed by atoms with Crippen molar-refractivity contribution in [3.8, 4) is 0 Å². The minimum atomic E-state index is -0.874. The van der Waals surface area contributed by atoms with Crippen molar-refractivity contribution >= 4 is 23.2 Å². The van der Waals surface area contributed by atoms with Crippen LogP contribution in [0.5, 0.6) is 0 Å². The zero-order valence-corrected chi connectivity index (χ0v) is 13.0. The number of carboxylic acids is 1. The van der Waals surface area contributed by atoms with Crippen molar-refractivity contribution in [3.05, 3.63) is 22.4 Å². The van der Waals surface area contributed by atoms with Gasteiger partial charge in [0, 0.05) is 13.1 Å². The first-order valence-electron chi connectivity index (χ1n) is 6.62. The second kappa shape index (κ2) is 8.01. The number of carbonyl (C=O) groups excluding carboxylic acids is 1. The lowest BCUT2D eigenvalue weighted by atomic mass is 10.1. The number of hydrogen-bond donors (Lipinski definition) is 1. The van der Waals surface area contributed by atoms with Crippen molar-refractivity contribution in [2.45, 2.75) is 13.3 Å². The molecule has 20 heavy (non-hydrogen) atoms. The zero-order valence-electron chi connectivity index (χ0n) is 12.2. The van der Waals surface area contributed by atoms with Crippen LogP contribution in [0, 0.1) is 5.92 Å². The van der Waals surface area contributed by atoms with Gasteiger partial charge in [0.15, 0.2) is 0 Å². The molecule has 6 heteroatoms. The van der Waals surface area contributed by atoms with E-state index in [0.29, 0.717) is 11.4 Å². The summed E-state index contributed by atoms with van der Waals surface area (Å²) in [4.78, 5) is 27.7. The minimum Gasteiger partial charge on any atom is -0.481 e. The van der Waals surface area contributed by atoms with Gasteiger partial charge in [0.05, 0.1) is 10.8 Å². The molecule has 0 spiro atoms. The number of aliphatic carboxylic acids is 1. The molecule has 0 saturated carbocycles.